The van der Waals surface area contributed by atoms with Crippen LogP contribution in [0.1, 0.15) is 37.2 Å². The molecule has 148 valence electrons. The molecule has 0 aliphatic rings. The molecule has 1 atom stereocenters. The van der Waals surface area contributed by atoms with Crippen LogP contribution < -0.4 is 10.9 Å². The molecule has 0 saturated heterocycles. The van der Waals surface area contributed by atoms with Crippen LogP contribution in [0.3, 0.4) is 0 Å². The van der Waals surface area contributed by atoms with E-state index in [1.165, 1.54) is 0 Å². The van der Waals surface area contributed by atoms with Crippen LogP contribution in [-0.2, 0) is 11.3 Å². The zero-order valence-electron chi connectivity index (χ0n) is 16.5. The number of nitrogens with one attached hydrogen (secondary N) is 2. The summed E-state index contributed by atoms with van der Waals surface area (Å²) in [6.07, 6.45) is 2.44. The third kappa shape index (κ3) is 3.89. The molecule has 0 aliphatic carbocycles. The number of hydrogen-bond acceptors (Lipinski definition) is 4. The molecule has 4 rings (SSSR count). The van der Waals surface area contributed by atoms with Gasteiger partial charge < -0.3 is 10.3 Å². The lowest BCUT2D eigenvalue weighted by molar-refractivity contribution is -0.121. The predicted octanol–water partition coefficient (Wildman–Crippen LogP) is 3.24. The minimum Gasteiger partial charge on any atom is -0.346 e. The Labute approximate surface area is 167 Å². The van der Waals surface area contributed by atoms with E-state index in [1.54, 1.807) is 17.0 Å². The van der Waals surface area contributed by atoms with Crippen molar-refractivity contribution in [1.82, 2.24) is 24.8 Å². The normalized spacial score (nSPS) is 12.3. The van der Waals surface area contributed by atoms with Gasteiger partial charge in [-0.3, -0.25) is 14.2 Å². The SMILES string of the molecule is Cc1cccc2c(=O)n(CCCC(=O)N[C@@H](C)c3nc4ccccc4[nH]3)cnc12. The Kier molecular flexibility index (Phi) is 5.12. The van der Waals surface area contributed by atoms with Crippen molar-refractivity contribution in [2.75, 3.05) is 0 Å². The highest BCUT2D eigenvalue weighted by atomic mass is 16.1. The van der Waals surface area contributed by atoms with Gasteiger partial charge >= 0.3 is 0 Å². The molecule has 0 aliphatic heterocycles. The number of aromatic nitrogens is 4. The zero-order valence-corrected chi connectivity index (χ0v) is 16.5. The van der Waals surface area contributed by atoms with E-state index >= 15 is 0 Å². The molecular formula is C22H23N5O2. The van der Waals surface area contributed by atoms with Crippen LogP contribution in [-0.4, -0.2) is 25.4 Å². The van der Waals surface area contributed by atoms with Crippen molar-refractivity contribution in [2.24, 2.45) is 0 Å². The highest BCUT2D eigenvalue weighted by molar-refractivity contribution is 5.80. The first-order chi connectivity index (χ1) is 14.0. The van der Waals surface area contributed by atoms with Crippen molar-refractivity contribution < 1.29 is 4.79 Å². The number of aryl methyl sites for hydroxylation is 2. The van der Waals surface area contributed by atoms with Crippen molar-refractivity contribution in [1.29, 1.82) is 0 Å². The highest BCUT2D eigenvalue weighted by Gasteiger charge is 2.13. The molecule has 0 bridgehead atoms. The Hall–Kier alpha value is -3.48. The van der Waals surface area contributed by atoms with E-state index in [1.807, 2.05) is 50.2 Å². The molecule has 2 N–H and O–H groups in total. The van der Waals surface area contributed by atoms with E-state index in [4.69, 9.17) is 0 Å². The molecule has 0 fully saturated rings. The first-order valence-electron chi connectivity index (χ1n) is 9.71. The lowest BCUT2D eigenvalue weighted by Crippen LogP contribution is -2.28. The number of hydrogen-bond donors (Lipinski definition) is 2. The molecule has 0 radical (unpaired) electrons. The molecule has 29 heavy (non-hydrogen) atoms. The fraction of sp³-hybridized carbons (Fsp3) is 0.273. The number of amides is 1. The molecule has 7 heteroatoms. The van der Waals surface area contributed by atoms with Crippen LogP contribution in [0.2, 0.25) is 0 Å². The van der Waals surface area contributed by atoms with Crippen LogP contribution >= 0.6 is 0 Å². The largest absolute Gasteiger partial charge is 0.346 e. The summed E-state index contributed by atoms with van der Waals surface area (Å²) in [4.78, 5) is 37.1. The lowest BCUT2D eigenvalue weighted by Gasteiger charge is -2.12. The predicted molar refractivity (Wildman–Crippen MR) is 113 cm³/mol. The average Bonchev–Trinajstić information content (AvgIpc) is 3.15. The standard InChI is InChI=1S/C22H23N5O2/c1-14-7-5-8-16-20(14)23-13-27(22(16)29)12-6-11-19(28)24-15(2)21-25-17-9-3-4-10-18(17)26-21/h3-5,7-10,13,15H,6,11-12H2,1-2H3,(H,24,28)(H,25,26)/t15-/m0/s1. The number of carbonyl (C=O) groups is 1. The summed E-state index contributed by atoms with van der Waals surface area (Å²) < 4.78 is 1.57. The summed E-state index contributed by atoms with van der Waals surface area (Å²) in [7, 11) is 0. The van der Waals surface area contributed by atoms with Crippen LogP contribution in [0, 0.1) is 6.92 Å². The Bertz CT molecular complexity index is 1210. The Morgan fingerprint density at radius 3 is 2.86 bits per heavy atom. The number of rotatable bonds is 6. The summed E-state index contributed by atoms with van der Waals surface area (Å²) in [5.74, 6) is 0.653. The Balaban J connectivity index is 1.36. The molecule has 2 aromatic heterocycles. The number of fused-ring (bicyclic) bond motifs is 2. The van der Waals surface area contributed by atoms with Gasteiger partial charge in [-0.05, 0) is 44.0 Å². The minimum absolute atomic E-state index is 0.0735. The summed E-state index contributed by atoms with van der Waals surface area (Å²) in [6, 6.07) is 13.1. The first kappa shape index (κ1) is 18.9. The topological polar surface area (TPSA) is 92.7 Å². The van der Waals surface area contributed by atoms with E-state index in [9.17, 15) is 9.59 Å². The maximum Gasteiger partial charge on any atom is 0.261 e. The second kappa shape index (κ2) is 7.87. The molecule has 0 spiro atoms. The van der Waals surface area contributed by atoms with Gasteiger partial charge in [-0.25, -0.2) is 9.97 Å². The smallest absolute Gasteiger partial charge is 0.261 e. The average molecular weight is 389 g/mol. The second-order valence-electron chi connectivity index (χ2n) is 7.25. The van der Waals surface area contributed by atoms with Crippen LogP contribution in [0.4, 0.5) is 0 Å². The van der Waals surface area contributed by atoms with E-state index in [0.717, 1.165) is 27.9 Å². The molecule has 0 saturated carbocycles. The maximum atomic E-state index is 12.6. The third-order valence-corrected chi connectivity index (χ3v) is 5.05. The number of aromatic amines is 1. The van der Waals surface area contributed by atoms with E-state index in [-0.39, 0.29) is 17.5 Å². The molecule has 2 heterocycles. The number of para-hydroxylation sites is 3. The number of carbonyl (C=O) groups excluding carboxylic acids is 1. The quantitative estimate of drug-likeness (QED) is 0.529. The molecule has 4 aromatic rings. The van der Waals surface area contributed by atoms with Gasteiger partial charge in [0.05, 0.1) is 34.3 Å². The summed E-state index contributed by atoms with van der Waals surface area (Å²) >= 11 is 0. The minimum atomic E-state index is -0.220. The number of nitrogens with zero attached hydrogens (tertiary/aromatic N) is 3. The second-order valence-corrected chi connectivity index (χ2v) is 7.25. The summed E-state index contributed by atoms with van der Waals surface area (Å²) in [6.45, 7) is 4.28. The number of benzene rings is 2. The monoisotopic (exact) mass is 389 g/mol. The van der Waals surface area contributed by atoms with Crippen LogP contribution in [0.5, 0.6) is 0 Å². The van der Waals surface area contributed by atoms with Gasteiger partial charge in [-0.2, -0.15) is 0 Å². The maximum absolute atomic E-state index is 12.6. The van der Waals surface area contributed by atoms with Crippen molar-refractivity contribution >= 4 is 27.8 Å². The molecule has 2 aromatic carbocycles. The van der Waals surface area contributed by atoms with Gasteiger partial charge in [-0.1, -0.05) is 24.3 Å². The van der Waals surface area contributed by atoms with Gasteiger partial charge in [0, 0.05) is 13.0 Å². The van der Waals surface area contributed by atoms with Gasteiger partial charge in [0.1, 0.15) is 5.82 Å². The first-order valence-corrected chi connectivity index (χ1v) is 9.71. The molecule has 1 amide bonds. The van der Waals surface area contributed by atoms with Gasteiger partial charge in [0.15, 0.2) is 0 Å². The number of H-pyrrole nitrogens is 1. The van der Waals surface area contributed by atoms with Crippen molar-refractivity contribution in [3.05, 3.63) is 70.5 Å². The summed E-state index contributed by atoms with van der Waals surface area (Å²) in [5.41, 5.74) is 3.45. The van der Waals surface area contributed by atoms with Crippen molar-refractivity contribution in [3.8, 4) is 0 Å². The van der Waals surface area contributed by atoms with Crippen LogP contribution in [0.25, 0.3) is 21.9 Å². The summed E-state index contributed by atoms with van der Waals surface area (Å²) in [5, 5.41) is 3.57. The van der Waals surface area contributed by atoms with E-state index < -0.39 is 0 Å². The fourth-order valence-electron chi connectivity index (χ4n) is 3.47. The van der Waals surface area contributed by atoms with E-state index in [2.05, 4.69) is 20.3 Å². The Morgan fingerprint density at radius 2 is 2.03 bits per heavy atom. The fourth-order valence-corrected chi connectivity index (χ4v) is 3.47. The van der Waals surface area contributed by atoms with Gasteiger partial charge in [-0.15, -0.1) is 0 Å². The highest BCUT2D eigenvalue weighted by Crippen LogP contribution is 2.16. The number of imidazole rings is 1. The van der Waals surface area contributed by atoms with E-state index in [0.29, 0.717) is 24.8 Å². The molecule has 0 unspecified atom stereocenters. The Morgan fingerprint density at radius 1 is 1.21 bits per heavy atom. The van der Waals surface area contributed by atoms with Crippen molar-refractivity contribution in [3.63, 3.8) is 0 Å². The molecular weight excluding hydrogens is 366 g/mol. The third-order valence-electron chi connectivity index (χ3n) is 5.05. The van der Waals surface area contributed by atoms with Crippen molar-refractivity contribution in [2.45, 2.75) is 39.3 Å². The molecule has 7 nitrogen and oxygen atoms in total. The van der Waals surface area contributed by atoms with Gasteiger partial charge in [0.25, 0.3) is 5.56 Å². The van der Waals surface area contributed by atoms with Crippen LogP contribution in [0.15, 0.2) is 53.6 Å². The lowest BCUT2D eigenvalue weighted by atomic mass is 10.1. The van der Waals surface area contributed by atoms with Gasteiger partial charge in [0.2, 0.25) is 5.91 Å². The zero-order chi connectivity index (χ0) is 20.4.